The van der Waals surface area contributed by atoms with E-state index in [4.69, 9.17) is 0 Å². The standard InChI is InChI=1S/C19H33N7O2/c1-3-6-17(27)20-11-15-7-5-9-25(12-15)19-21-22-23-26(19)14-16-10-18(28)24(13-16)8-4-2/h15-16H,3-14H2,1-2H3,(H,20,27). The summed E-state index contributed by atoms with van der Waals surface area (Å²) in [5, 5.41) is 15.4. The first-order valence-electron chi connectivity index (χ1n) is 10.7. The van der Waals surface area contributed by atoms with Crippen molar-refractivity contribution in [2.45, 2.75) is 58.9 Å². The van der Waals surface area contributed by atoms with Gasteiger partial charge in [-0.3, -0.25) is 9.59 Å². The fourth-order valence-corrected chi connectivity index (χ4v) is 4.24. The van der Waals surface area contributed by atoms with Gasteiger partial charge in [0.25, 0.3) is 0 Å². The lowest BCUT2D eigenvalue weighted by Crippen LogP contribution is -2.42. The highest BCUT2D eigenvalue weighted by Gasteiger charge is 2.31. The molecule has 3 rings (SSSR count). The summed E-state index contributed by atoms with van der Waals surface area (Å²) in [4.78, 5) is 28.0. The first kappa shape index (κ1) is 20.5. The van der Waals surface area contributed by atoms with Gasteiger partial charge < -0.3 is 15.1 Å². The van der Waals surface area contributed by atoms with Crippen molar-refractivity contribution < 1.29 is 9.59 Å². The van der Waals surface area contributed by atoms with E-state index in [0.29, 0.717) is 31.8 Å². The van der Waals surface area contributed by atoms with Gasteiger partial charge in [0.05, 0.1) is 6.54 Å². The minimum Gasteiger partial charge on any atom is -0.356 e. The molecular weight excluding hydrogens is 358 g/mol. The summed E-state index contributed by atoms with van der Waals surface area (Å²) >= 11 is 0. The molecule has 0 saturated carbocycles. The monoisotopic (exact) mass is 391 g/mol. The second kappa shape index (κ2) is 9.84. The molecule has 9 nitrogen and oxygen atoms in total. The molecule has 0 aromatic carbocycles. The number of hydrogen-bond acceptors (Lipinski definition) is 6. The summed E-state index contributed by atoms with van der Waals surface area (Å²) in [5.41, 5.74) is 0. The second-order valence-corrected chi connectivity index (χ2v) is 8.08. The molecule has 2 atom stereocenters. The number of carbonyl (C=O) groups is 2. The third kappa shape index (κ3) is 5.20. The van der Waals surface area contributed by atoms with Crippen molar-refractivity contribution in [3.8, 4) is 0 Å². The summed E-state index contributed by atoms with van der Waals surface area (Å²) < 4.78 is 1.85. The van der Waals surface area contributed by atoms with E-state index < -0.39 is 0 Å². The molecule has 2 amide bonds. The van der Waals surface area contributed by atoms with Gasteiger partial charge in [0, 0.05) is 51.5 Å². The van der Waals surface area contributed by atoms with E-state index in [1.165, 1.54) is 0 Å². The van der Waals surface area contributed by atoms with Gasteiger partial charge >= 0.3 is 0 Å². The number of hydrogen-bond donors (Lipinski definition) is 1. The molecule has 2 saturated heterocycles. The van der Waals surface area contributed by atoms with Gasteiger partial charge in [0.15, 0.2) is 0 Å². The van der Waals surface area contributed by atoms with Gasteiger partial charge in [-0.15, -0.1) is 0 Å². The number of carbonyl (C=O) groups excluding carboxylic acids is 2. The van der Waals surface area contributed by atoms with E-state index >= 15 is 0 Å². The molecule has 0 aliphatic carbocycles. The fraction of sp³-hybridized carbons (Fsp3) is 0.842. The second-order valence-electron chi connectivity index (χ2n) is 8.08. The Kier molecular flexibility index (Phi) is 7.22. The number of rotatable bonds is 9. The number of tetrazole rings is 1. The first-order chi connectivity index (χ1) is 13.6. The van der Waals surface area contributed by atoms with Gasteiger partial charge in [-0.2, -0.15) is 0 Å². The number of anilines is 1. The van der Waals surface area contributed by atoms with Crippen LogP contribution in [0.4, 0.5) is 5.95 Å². The van der Waals surface area contributed by atoms with Crippen LogP contribution in [0.15, 0.2) is 0 Å². The van der Waals surface area contributed by atoms with Crippen molar-refractivity contribution in [1.82, 2.24) is 30.4 Å². The number of likely N-dealkylation sites (tertiary alicyclic amines) is 1. The maximum Gasteiger partial charge on any atom is 0.245 e. The molecule has 2 aliphatic heterocycles. The van der Waals surface area contributed by atoms with Crippen molar-refractivity contribution in [3.63, 3.8) is 0 Å². The van der Waals surface area contributed by atoms with Gasteiger partial charge in [0.1, 0.15) is 0 Å². The molecule has 1 aromatic rings. The number of aromatic nitrogens is 4. The Morgan fingerprint density at radius 1 is 1.21 bits per heavy atom. The van der Waals surface area contributed by atoms with E-state index in [2.05, 4.69) is 32.7 Å². The van der Waals surface area contributed by atoms with Gasteiger partial charge in [-0.05, 0) is 42.0 Å². The molecule has 1 N–H and O–H groups in total. The number of nitrogens with zero attached hydrogens (tertiary/aromatic N) is 6. The molecule has 0 radical (unpaired) electrons. The smallest absolute Gasteiger partial charge is 0.245 e. The normalized spacial score (nSPS) is 22.7. The van der Waals surface area contributed by atoms with Crippen LogP contribution in [-0.4, -0.2) is 69.6 Å². The highest BCUT2D eigenvalue weighted by Crippen LogP contribution is 2.24. The predicted octanol–water partition coefficient (Wildman–Crippen LogP) is 1.06. The summed E-state index contributed by atoms with van der Waals surface area (Å²) in [5.74, 6) is 1.82. The Morgan fingerprint density at radius 3 is 2.86 bits per heavy atom. The van der Waals surface area contributed by atoms with Crippen molar-refractivity contribution in [2.75, 3.05) is 37.6 Å². The number of nitrogens with one attached hydrogen (secondary N) is 1. The molecule has 28 heavy (non-hydrogen) atoms. The zero-order valence-electron chi connectivity index (χ0n) is 17.1. The Morgan fingerprint density at radius 2 is 2.07 bits per heavy atom. The maximum atomic E-state index is 12.1. The summed E-state index contributed by atoms with van der Waals surface area (Å²) in [6.07, 6.45) is 5.19. The zero-order valence-corrected chi connectivity index (χ0v) is 17.1. The molecule has 156 valence electrons. The summed E-state index contributed by atoms with van der Waals surface area (Å²) in [6.45, 7) is 8.87. The van der Waals surface area contributed by atoms with Gasteiger partial charge in [-0.1, -0.05) is 18.9 Å². The zero-order chi connectivity index (χ0) is 19.9. The molecular formula is C19H33N7O2. The van der Waals surface area contributed by atoms with Crippen LogP contribution in [0.1, 0.15) is 52.4 Å². The van der Waals surface area contributed by atoms with Crippen LogP contribution in [-0.2, 0) is 16.1 Å². The third-order valence-corrected chi connectivity index (χ3v) is 5.60. The predicted molar refractivity (Wildman–Crippen MR) is 106 cm³/mol. The Bertz CT molecular complexity index is 662. The average molecular weight is 392 g/mol. The highest BCUT2D eigenvalue weighted by atomic mass is 16.2. The SMILES string of the molecule is CCCC(=O)NCC1CCCN(c2nnnn2CC2CC(=O)N(CCC)C2)C1. The van der Waals surface area contributed by atoms with Crippen LogP contribution < -0.4 is 10.2 Å². The average Bonchev–Trinajstić information content (AvgIpc) is 3.28. The Hall–Kier alpha value is -2.19. The maximum absolute atomic E-state index is 12.1. The molecule has 0 bridgehead atoms. The molecule has 2 aliphatic rings. The van der Waals surface area contributed by atoms with E-state index in [1.54, 1.807) is 0 Å². The Labute approximate surface area is 166 Å². The lowest BCUT2D eigenvalue weighted by Gasteiger charge is -2.33. The lowest BCUT2D eigenvalue weighted by atomic mass is 9.98. The third-order valence-electron chi connectivity index (χ3n) is 5.60. The number of amides is 2. The Balaban J connectivity index is 1.55. The van der Waals surface area contributed by atoms with Crippen LogP contribution in [0, 0.1) is 11.8 Å². The highest BCUT2D eigenvalue weighted by molar-refractivity contribution is 5.78. The molecule has 2 unspecified atom stereocenters. The van der Waals surface area contributed by atoms with E-state index in [1.807, 2.05) is 16.5 Å². The molecule has 9 heteroatoms. The molecule has 1 aromatic heterocycles. The lowest BCUT2D eigenvalue weighted by molar-refractivity contribution is -0.127. The minimum atomic E-state index is 0.131. The van der Waals surface area contributed by atoms with Gasteiger partial charge in [0.2, 0.25) is 17.8 Å². The van der Waals surface area contributed by atoms with E-state index in [-0.39, 0.29) is 17.7 Å². The molecule has 2 fully saturated rings. The number of piperidine rings is 1. The first-order valence-corrected chi connectivity index (χ1v) is 10.7. The van der Waals surface area contributed by atoms with E-state index in [0.717, 1.165) is 57.8 Å². The minimum absolute atomic E-state index is 0.131. The quantitative estimate of drug-likeness (QED) is 0.676. The van der Waals surface area contributed by atoms with Crippen LogP contribution in [0.5, 0.6) is 0 Å². The van der Waals surface area contributed by atoms with Crippen LogP contribution >= 0.6 is 0 Å². The van der Waals surface area contributed by atoms with Crippen molar-refractivity contribution in [3.05, 3.63) is 0 Å². The largest absolute Gasteiger partial charge is 0.356 e. The van der Waals surface area contributed by atoms with Crippen molar-refractivity contribution >= 4 is 17.8 Å². The van der Waals surface area contributed by atoms with Gasteiger partial charge in [-0.25, -0.2) is 4.68 Å². The molecule has 0 spiro atoms. The van der Waals surface area contributed by atoms with Crippen LogP contribution in [0.25, 0.3) is 0 Å². The van der Waals surface area contributed by atoms with Crippen molar-refractivity contribution in [2.24, 2.45) is 11.8 Å². The molecule has 3 heterocycles. The fourth-order valence-electron chi connectivity index (χ4n) is 4.24. The van der Waals surface area contributed by atoms with E-state index in [9.17, 15) is 9.59 Å². The summed E-state index contributed by atoms with van der Waals surface area (Å²) in [7, 11) is 0. The summed E-state index contributed by atoms with van der Waals surface area (Å²) in [6, 6.07) is 0. The topological polar surface area (TPSA) is 96.2 Å². The van der Waals surface area contributed by atoms with Crippen molar-refractivity contribution in [1.29, 1.82) is 0 Å². The van der Waals surface area contributed by atoms with Crippen LogP contribution in [0.3, 0.4) is 0 Å². The van der Waals surface area contributed by atoms with Crippen LogP contribution in [0.2, 0.25) is 0 Å².